The van der Waals surface area contributed by atoms with E-state index in [-0.39, 0.29) is 0 Å². The summed E-state index contributed by atoms with van der Waals surface area (Å²) in [5.41, 5.74) is 0. The van der Waals surface area contributed by atoms with Gasteiger partial charge in [0.1, 0.15) is 0 Å². The summed E-state index contributed by atoms with van der Waals surface area (Å²) in [6.07, 6.45) is 7.78. The minimum absolute atomic E-state index is 0.782. The van der Waals surface area contributed by atoms with Crippen LogP contribution in [0, 0.1) is 11.8 Å². The highest BCUT2D eigenvalue weighted by Crippen LogP contribution is 2.19. The summed E-state index contributed by atoms with van der Waals surface area (Å²) in [5, 5.41) is 4.25. The quantitative estimate of drug-likeness (QED) is 0.679. The Hall–Kier alpha value is -0.790. The maximum absolute atomic E-state index is 4.25. The van der Waals surface area contributed by atoms with E-state index in [0.717, 1.165) is 18.4 Å². The minimum Gasteiger partial charge on any atom is -0.272 e. The van der Waals surface area contributed by atoms with Gasteiger partial charge in [0.05, 0.1) is 0 Å². The molecule has 0 fully saturated rings. The highest BCUT2D eigenvalue weighted by atomic mass is 15.3. The van der Waals surface area contributed by atoms with Gasteiger partial charge in [0.25, 0.3) is 0 Å². The first kappa shape index (κ1) is 11.3. The molecule has 0 saturated carbocycles. The molecule has 0 spiro atoms. The van der Waals surface area contributed by atoms with Crippen LogP contribution in [0.3, 0.4) is 0 Å². The normalized spacial score (nSPS) is 15.4. The fraction of sp³-hybridized carbons (Fsp3) is 0.750. The molecule has 0 aliphatic rings. The molecule has 2 unspecified atom stereocenters. The molecule has 2 nitrogen and oxygen atoms in total. The van der Waals surface area contributed by atoms with E-state index in [9.17, 15) is 0 Å². The first-order valence-electron chi connectivity index (χ1n) is 5.73. The van der Waals surface area contributed by atoms with Crippen LogP contribution < -0.4 is 0 Å². The van der Waals surface area contributed by atoms with Crippen molar-refractivity contribution in [2.75, 3.05) is 0 Å². The third-order valence-electron chi connectivity index (χ3n) is 3.01. The van der Waals surface area contributed by atoms with Gasteiger partial charge in [-0.3, -0.25) is 4.68 Å². The standard InChI is InChI=1S/C12H22N2/c1-4-11(3)9-12(5-2)10-14-8-6-7-13-14/h6-8,11-12H,4-5,9-10H2,1-3H3. The Morgan fingerprint density at radius 1 is 1.29 bits per heavy atom. The monoisotopic (exact) mass is 194 g/mol. The Morgan fingerprint density at radius 2 is 2.07 bits per heavy atom. The van der Waals surface area contributed by atoms with E-state index >= 15 is 0 Å². The Bertz CT molecular complexity index is 228. The Balaban J connectivity index is 2.39. The van der Waals surface area contributed by atoms with Gasteiger partial charge in [-0.15, -0.1) is 0 Å². The molecule has 0 radical (unpaired) electrons. The summed E-state index contributed by atoms with van der Waals surface area (Å²) < 4.78 is 2.05. The van der Waals surface area contributed by atoms with Crippen LogP contribution >= 0.6 is 0 Å². The van der Waals surface area contributed by atoms with Gasteiger partial charge in [0.15, 0.2) is 0 Å². The topological polar surface area (TPSA) is 17.8 Å². The molecule has 0 aliphatic heterocycles. The largest absolute Gasteiger partial charge is 0.272 e. The molecule has 14 heavy (non-hydrogen) atoms. The summed E-state index contributed by atoms with van der Waals surface area (Å²) in [6.45, 7) is 7.96. The third-order valence-corrected chi connectivity index (χ3v) is 3.01. The lowest BCUT2D eigenvalue weighted by atomic mass is 9.92. The predicted octanol–water partition coefficient (Wildman–Crippen LogP) is 3.35. The molecule has 0 aliphatic carbocycles. The van der Waals surface area contributed by atoms with Crippen molar-refractivity contribution < 1.29 is 0 Å². The summed E-state index contributed by atoms with van der Waals surface area (Å²) in [4.78, 5) is 0. The molecule has 0 amide bonds. The van der Waals surface area contributed by atoms with Gasteiger partial charge in [-0.1, -0.05) is 33.6 Å². The number of nitrogens with zero attached hydrogens (tertiary/aromatic N) is 2. The van der Waals surface area contributed by atoms with E-state index in [4.69, 9.17) is 0 Å². The summed E-state index contributed by atoms with van der Waals surface area (Å²) in [5.74, 6) is 1.63. The number of hydrogen-bond donors (Lipinski definition) is 0. The first-order valence-corrected chi connectivity index (χ1v) is 5.73. The maximum atomic E-state index is 4.25. The molecule has 0 saturated heterocycles. The van der Waals surface area contributed by atoms with E-state index < -0.39 is 0 Å². The van der Waals surface area contributed by atoms with Gasteiger partial charge < -0.3 is 0 Å². The van der Waals surface area contributed by atoms with Crippen molar-refractivity contribution in [3.05, 3.63) is 18.5 Å². The second-order valence-electron chi connectivity index (χ2n) is 4.25. The van der Waals surface area contributed by atoms with E-state index in [1.807, 2.05) is 12.3 Å². The molecule has 2 atom stereocenters. The molecule has 0 aromatic carbocycles. The number of hydrogen-bond acceptors (Lipinski definition) is 1. The molecule has 0 bridgehead atoms. The van der Waals surface area contributed by atoms with Crippen LogP contribution in [0.5, 0.6) is 0 Å². The van der Waals surface area contributed by atoms with Crippen LogP contribution in [-0.4, -0.2) is 9.78 Å². The smallest absolute Gasteiger partial charge is 0.0489 e. The van der Waals surface area contributed by atoms with E-state index in [0.29, 0.717) is 0 Å². The van der Waals surface area contributed by atoms with Gasteiger partial charge in [0.2, 0.25) is 0 Å². The highest BCUT2D eigenvalue weighted by Gasteiger charge is 2.10. The van der Waals surface area contributed by atoms with E-state index in [2.05, 4.69) is 36.7 Å². The van der Waals surface area contributed by atoms with Crippen LogP contribution in [0.25, 0.3) is 0 Å². The maximum Gasteiger partial charge on any atom is 0.0489 e. The highest BCUT2D eigenvalue weighted by molar-refractivity contribution is 4.78. The second-order valence-corrected chi connectivity index (χ2v) is 4.25. The fourth-order valence-corrected chi connectivity index (χ4v) is 1.78. The molecule has 1 heterocycles. The van der Waals surface area contributed by atoms with Gasteiger partial charge >= 0.3 is 0 Å². The molecule has 0 N–H and O–H groups in total. The van der Waals surface area contributed by atoms with Crippen molar-refractivity contribution in [3.63, 3.8) is 0 Å². The fourth-order valence-electron chi connectivity index (χ4n) is 1.78. The van der Waals surface area contributed by atoms with Gasteiger partial charge in [-0.05, 0) is 24.3 Å². The molecule has 1 aromatic heterocycles. The molecule has 1 rings (SSSR count). The SMILES string of the molecule is CCC(C)CC(CC)Cn1cccn1. The lowest BCUT2D eigenvalue weighted by Gasteiger charge is -2.18. The number of aromatic nitrogens is 2. The van der Waals surface area contributed by atoms with E-state index in [1.54, 1.807) is 0 Å². The zero-order valence-corrected chi connectivity index (χ0v) is 9.61. The zero-order chi connectivity index (χ0) is 10.4. The van der Waals surface area contributed by atoms with Crippen LogP contribution in [0.2, 0.25) is 0 Å². The third kappa shape index (κ3) is 3.52. The van der Waals surface area contributed by atoms with Crippen molar-refractivity contribution in [2.24, 2.45) is 11.8 Å². The molecular weight excluding hydrogens is 172 g/mol. The van der Waals surface area contributed by atoms with Crippen LogP contribution in [0.1, 0.15) is 40.0 Å². The second kappa shape index (κ2) is 5.84. The molecule has 1 aromatic rings. The van der Waals surface area contributed by atoms with Gasteiger partial charge in [0, 0.05) is 18.9 Å². The van der Waals surface area contributed by atoms with E-state index in [1.165, 1.54) is 19.3 Å². The number of rotatable bonds is 6. The zero-order valence-electron chi connectivity index (χ0n) is 9.61. The van der Waals surface area contributed by atoms with Crippen molar-refractivity contribution in [3.8, 4) is 0 Å². The Morgan fingerprint density at radius 3 is 2.57 bits per heavy atom. The Labute approximate surface area is 87.3 Å². The van der Waals surface area contributed by atoms with Crippen LogP contribution in [0.4, 0.5) is 0 Å². The van der Waals surface area contributed by atoms with Gasteiger partial charge in [-0.25, -0.2) is 0 Å². The lowest BCUT2D eigenvalue weighted by Crippen LogP contribution is -2.13. The van der Waals surface area contributed by atoms with Crippen LogP contribution in [0.15, 0.2) is 18.5 Å². The summed E-state index contributed by atoms with van der Waals surface area (Å²) >= 11 is 0. The van der Waals surface area contributed by atoms with Crippen molar-refractivity contribution in [2.45, 2.75) is 46.6 Å². The van der Waals surface area contributed by atoms with Crippen LogP contribution in [-0.2, 0) is 6.54 Å². The average Bonchev–Trinajstić information content (AvgIpc) is 2.69. The lowest BCUT2D eigenvalue weighted by molar-refractivity contribution is 0.323. The molecule has 2 heteroatoms. The van der Waals surface area contributed by atoms with Gasteiger partial charge in [-0.2, -0.15) is 5.10 Å². The predicted molar refractivity (Wildman–Crippen MR) is 60.1 cm³/mol. The van der Waals surface area contributed by atoms with Crippen molar-refractivity contribution >= 4 is 0 Å². The first-order chi connectivity index (χ1) is 6.76. The Kier molecular flexibility index (Phi) is 4.71. The summed E-state index contributed by atoms with van der Waals surface area (Å²) in [6, 6.07) is 2.00. The average molecular weight is 194 g/mol. The summed E-state index contributed by atoms with van der Waals surface area (Å²) in [7, 11) is 0. The van der Waals surface area contributed by atoms with Crippen molar-refractivity contribution in [1.29, 1.82) is 0 Å². The molecular formula is C12H22N2. The molecule has 80 valence electrons. The minimum atomic E-state index is 0.782. The van der Waals surface area contributed by atoms with Crippen molar-refractivity contribution in [1.82, 2.24) is 9.78 Å².